The number of para-hydroxylation sites is 1. The van der Waals surface area contributed by atoms with Gasteiger partial charge in [0.15, 0.2) is 0 Å². The van der Waals surface area contributed by atoms with Gasteiger partial charge in [-0.1, -0.05) is 74.8 Å². The average molecular weight is 1040 g/mol. The lowest BCUT2D eigenvalue weighted by molar-refractivity contribution is -0.144. The van der Waals surface area contributed by atoms with Gasteiger partial charge in [-0.3, -0.25) is 19.2 Å². The number of β-amino-alcohol motifs (C(OH)–C–C–N with tert-alkyl or cyclic N) is 1. The minimum atomic E-state index is -1.00. The third-order valence-corrected chi connectivity index (χ3v) is 14.6. The van der Waals surface area contributed by atoms with Crippen molar-refractivity contribution in [1.82, 2.24) is 40.4 Å². The van der Waals surface area contributed by atoms with Gasteiger partial charge in [0.2, 0.25) is 29.6 Å². The van der Waals surface area contributed by atoms with Gasteiger partial charge in [0.05, 0.1) is 65.1 Å². The maximum absolute atomic E-state index is 14.0. The van der Waals surface area contributed by atoms with E-state index in [1.165, 1.54) is 4.90 Å². The normalized spacial score (nSPS) is 16.6. The van der Waals surface area contributed by atoms with E-state index in [1.54, 1.807) is 36.6 Å². The summed E-state index contributed by atoms with van der Waals surface area (Å²) in [6.07, 6.45) is 4.17. The summed E-state index contributed by atoms with van der Waals surface area (Å²) < 4.78 is 17.0. The number of hydrogen-bond acceptors (Lipinski definition) is 14. The van der Waals surface area contributed by atoms with E-state index in [9.17, 15) is 24.3 Å². The van der Waals surface area contributed by atoms with Crippen molar-refractivity contribution in [3.05, 3.63) is 101 Å². The number of piperidine rings is 1. The van der Waals surface area contributed by atoms with Crippen molar-refractivity contribution in [2.24, 2.45) is 5.41 Å². The fraction of sp³-hybridized carbons (Fsp3) is 0.415. The molecule has 20 heteroatoms. The molecule has 4 amide bonds. The molecule has 2 saturated heterocycles. The predicted molar refractivity (Wildman–Crippen MR) is 282 cm³/mol. The van der Waals surface area contributed by atoms with E-state index in [0.29, 0.717) is 28.1 Å². The zero-order valence-electron chi connectivity index (χ0n) is 41.9. The summed E-state index contributed by atoms with van der Waals surface area (Å²) in [5, 5.41) is 21.0. The Bertz CT molecular complexity index is 2900. The number of hydrogen-bond donors (Lipinski definition) is 5. The third-order valence-electron chi connectivity index (χ3n) is 13.3. The number of methoxy groups -OCH3 is 1. The molecule has 2 fully saturated rings. The average Bonchev–Trinajstić information content (AvgIpc) is 4.14. The smallest absolute Gasteiger partial charge is 0.248 e. The molecule has 386 valence electrons. The monoisotopic (exact) mass is 1030 g/mol. The number of aliphatic hydroxyl groups is 1. The molecule has 5 N–H and O–H groups in total. The fourth-order valence-electron chi connectivity index (χ4n) is 9.23. The number of nitrogens with one attached hydrogen (secondary N) is 4. The van der Waals surface area contributed by atoms with Crippen LogP contribution in [0.15, 0.2) is 84.6 Å². The number of carbonyl (C=O) groups excluding carboxylic acids is 4. The molecular formula is C53H63ClN10O8S. The van der Waals surface area contributed by atoms with Gasteiger partial charge in [-0.05, 0) is 54.5 Å². The Morgan fingerprint density at radius 1 is 1.00 bits per heavy atom. The van der Waals surface area contributed by atoms with E-state index in [1.807, 2.05) is 106 Å². The van der Waals surface area contributed by atoms with Crippen LogP contribution < -0.4 is 25.6 Å². The molecule has 8 rings (SSSR count). The Morgan fingerprint density at radius 3 is 2.45 bits per heavy atom. The number of benzene rings is 3. The van der Waals surface area contributed by atoms with E-state index in [4.69, 9.17) is 30.8 Å². The Balaban J connectivity index is 0.744. The first kappa shape index (κ1) is 52.7. The number of aromatic amines is 1. The van der Waals surface area contributed by atoms with Crippen molar-refractivity contribution in [2.75, 3.05) is 70.4 Å². The maximum Gasteiger partial charge on any atom is 0.248 e. The summed E-state index contributed by atoms with van der Waals surface area (Å²) in [6, 6.07) is 19.8. The van der Waals surface area contributed by atoms with Crippen LogP contribution in [0.1, 0.15) is 51.3 Å². The molecule has 0 aliphatic carbocycles. The molecule has 0 unspecified atom stereocenters. The van der Waals surface area contributed by atoms with Crippen LogP contribution in [0.2, 0.25) is 5.02 Å². The summed E-state index contributed by atoms with van der Waals surface area (Å²) in [5.41, 5.74) is 8.11. The molecule has 5 heterocycles. The number of ether oxygens (including phenoxy) is 3. The summed E-state index contributed by atoms with van der Waals surface area (Å²) >= 11 is 8.13. The molecule has 0 spiro atoms. The lowest BCUT2D eigenvalue weighted by Crippen LogP contribution is -2.58. The SMILES string of the molecule is COc1cc(N2CCC(N(C)C(=O)COCCOCC(=O)N[C@H](C(=O)N3C[C@H](O)C[C@H]3C(=O)NCc3ccc(-c4scnc4C)cc3)C(C)(C)C)CC2)ccc1Nc1ncc(Cl)c(-c2c[nH]c3ccccc23)n1. The highest BCUT2D eigenvalue weighted by atomic mass is 35.5. The second-order valence-corrected chi connectivity index (χ2v) is 20.7. The third kappa shape index (κ3) is 12.8. The quantitative estimate of drug-likeness (QED) is 0.0533. The largest absolute Gasteiger partial charge is 0.494 e. The Kier molecular flexibility index (Phi) is 16.9. The number of likely N-dealkylation sites (tertiary alicyclic amines) is 1. The van der Waals surface area contributed by atoms with E-state index >= 15 is 0 Å². The zero-order chi connectivity index (χ0) is 51.8. The first-order chi connectivity index (χ1) is 35.1. The molecule has 3 aromatic heterocycles. The number of fused-ring (bicyclic) bond motifs is 1. The van der Waals surface area contributed by atoms with Crippen LogP contribution in [0, 0.1) is 12.3 Å². The van der Waals surface area contributed by atoms with Gasteiger partial charge < -0.3 is 55.0 Å². The summed E-state index contributed by atoms with van der Waals surface area (Å²) in [6.45, 7) is 8.70. The number of likely N-dealkylation sites (N-methyl/N-ethyl adjacent to an activating group) is 1. The maximum atomic E-state index is 14.0. The number of aromatic nitrogens is 4. The van der Waals surface area contributed by atoms with Crippen LogP contribution in [0.5, 0.6) is 5.75 Å². The van der Waals surface area contributed by atoms with Gasteiger partial charge in [0, 0.05) is 80.1 Å². The molecule has 3 atom stereocenters. The van der Waals surface area contributed by atoms with Crippen molar-refractivity contribution in [3.63, 3.8) is 0 Å². The molecule has 6 aromatic rings. The highest BCUT2D eigenvalue weighted by Gasteiger charge is 2.44. The van der Waals surface area contributed by atoms with Gasteiger partial charge in [-0.25, -0.2) is 15.0 Å². The molecule has 73 heavy (non-hydrogen) atoms. The van der Waals surface area contributed by atoms with Crippen molar-refractivity contribution < 1.29 is 38.5 Å². The number of amides is 4. The lowest BCUT2D eigenvalue weighted by Gasteiger charge is -2.38. The minimum Gasteiger partial charge on any atom is -0.494 e. The van der Waals surface area contributed by atoms with Crippen molar-refractivity contribution >= 4 is 74.8 Å². The lowest BCUT2D eigenvalue weighted by atomic mass is 9.85. The molecule has 0 saturated carbocycles. The molecule has 0 radical (unpaired) electrons. The topological polar surface area (TPSA) is 216 Å². The van der Waals surface area contributed by atoms with Crippen molar-refractivity contribution in [2.45, 2.75) is 77.7 Å². The molecule has 2 aliphatic rings. The van der Waals surface area contributed by atoms with Gasteiger partial charge in [0.1, 0.15) is 31.0 Å². The highest BCUT2D eigenvalue weighted by Crippen LogP contribution is 2.36. The Labute approximate surface area is 433 Å². The van der Waals surface area contributed by atoms with Gasteiger partial charge in [-0.2, -0.15) is 0 Å². The first-order valence-electron chi connectivity index (χ1n) is 24.3. The second-order valence-electron chi connectivity index (χ2n) is 19.4. The molecule has 0 bridgehead atoms. The van der Waals surface area contributed by atoms with Crippen LogP contribution in [-0.2, 0) is 35.2 Å². The number of nitrogens with zero attached hydrogens (tertiary/aromatic N) is 6. The van der Waals surface area contributed by atoms with Gasteiger partial charge in [-0.15, -0.1) is 11.3 Å². The number of halogens is 1. The van der Waals surface area contributed by atoms with E-state index in [2.05, 4.69) is 35.8 Å². The fourth-order valence-corrected chi connectivity index (χ4v) is 10.2. The van der Waals surface area contributed by atoms with E-state index in [-0.39, 0.29) is 63.8 Å². The number of carbonyl (C=O) groups is 4. The van der Waals surface area contributed by atoms with E-state index < -0.39 is 35.4 Å². The summed E-state index contributed by atoms with van der Waals surface area (Å²) in [4.78, 5) is 77.0. The van der Waals surface area contributed by atoms with Crippen LogP contribution in [-0.4, -0.2) is 143 Å². The highest BCUT2D eigenvalue weighted by molar-refractivity contribution is 7.13. The van der Waals surface area contributed by atoms with Crippen LogP contribution in [0.25, 0.3) is 32.6 Å². The number of thiazole rings is 1. The predicted octanol–water partition coefficient (Wildman–Crippen LogP) is 6.73. The summed E-state index contributed by atoms with van der Waals surface area (Å²) in [7, 11) is 3.40. The van der Waals surface area contributed by atoms with Crippen molar-refractivity contribution in [3.8, 4) is 27.4 Å². The van der Waals surface area contributed by atoms with E-state index in [0.717, 1.165) is 69.8 Å². The molecule has 3 aromatic carbocycles. The van der Waals surface area contributed by atoms with Gasteiger partial charge in [0.25, 0.3) is 0 Å². The standard InChI is InChI=1S/C53H63ClN10O8S/c1-32-48(73-31-58-32)34-13-11-33(12-14-34)25-56-50(68)43-24-37(65)28-64(43)51(69)49(53(2,3)4)60-45(66)29-71-21-22-72-30-46(67)62(5)35-17-19-63(20-18-35)36-15-16-42(44(23-36)70-6)59-52-57-27-40(54)47(61-52)39-26-55-41-10-8-7-9-38(39)41/h7-16,23,26-27,31,35,37,43,49,55,65H,17-22,24-25,28-30H2,1-6H3,(H,56,68)(H,60,66)(H,57,59,61)/t37-,43+,49-/m1/s1. The minimum absolute atomic E-state index is 0.0260. The molecule has 18 nitrogen and oxygen atoms in total. The number of aliphatic hydroxyl groups excluding tert-OH is 1. The zero-order valence-corrected chi connectivity index (χ0v) is 43.5. The van der Waals surface area contributed by atoms with Crippen LogP contribution in [0.3, 0.4) is 0 Å². The number of rotatable bonds is 19. The second kappa shape index (κ2) is 23.5. The number of aryl methyl sites for hydroxylation is 1. The van der Waals surface area contributed by atoms with Crippen LogP contribution in [0.4, 0.5) is 17.3 Å². The summed E-state index contributed by atoms with van der Waals surface area (Å²) in [5.74, 6) is -0.542. The first-order valence-corrected chi connectivity index (χ1v) is 25.6. The number of anilines is 3. The molecule has 2 aliphatic heterocycles. The Morgan fingerprint density at radius 2 is 1.74 bits per heavy atom. The molecular weight excluding hydrogens is 972 g/mol. The van der Waals surface area contributed by atoms with Gasteiger partial charge >= 0.3 is 0 Å². The van der Waals surface area contributed by atoms with Crippen LogP contribution >= 0.6 is 22.9 Å². The Hall–Kier alpha value is -6.64. The number of H-pyrrole nitrogens is 1. The van der Waals surface area contributed by atoms with Crippen molar-refractivity contribution in [1.29, 1.82) is 0 Å².